The molecule has 0 spiro atoms. The lowest BCUT2D eigenvalue weighted by Gasteiger charge is -2.21. The zero-order chi connectivity index (χ0) is 26.0. The van der Waals surface area contributed by atoms with Gasteiger partial charge in [-0.05, 0) is 36.5 Å². The lowest BCUT2D eigenvalue weighted by molar-refractivity contribution is -0.177. The van der Waals surface area contributed by atoms with Gasteiger partial charge in [0.05, 0.1) is 11.4 Å². The van der Waals surface area contributed by atoms with Crippen LogP contribution in [0.3, 0.4) is 0 Å². The second-order valence-corrected chi connectivity index (χ2v) is 9.19. The fourth-order valence-electron chi connectivity index (χ4n) is 4.57. The molecule has 36 heavy (non-hydrogen) atoms. The summed E-state index contributed by atoms with van der Waals surface area (Å²) >= 11 is 0. The summed E-state index contributed by atoms with van der Waals surface area (Å²) in [6.45, 7) is 0. The predicted molar refractivity (Wildman–Crippen MR) is 121 cm³/mol. The van der Waals surface area contributed by atoms with Gasteiger partial charge in [0.1, 0.15) is 11.7 Å². The summed E-state index contributed by atoms with van der Waals surface area (Å²) in [7, 11) is 0.981. The normalized spacial score (nSPS) is 22.3. The molecule has 3 aromatic rings. The predicted octanol–water partition coefficient (Wildman–Crippen LogP) is 2.94. The molecule has 12 heteroatoms. The van der Waals surface area contributed by atoms with Crippen molar-refractivity contribution in [2.45, 2.75) is 43.0 Å². The Bertz CT molecular complexity index is 1380. The van der Waals surface area contributed by atoms with Crippen LogP contribution >= 0.6 is 0 Å². The maximum absolute atomic E-state index is 13.3. The number of rotatable bonds is 5. The molecule has 5 N–H and O–H groups in total. The van der Waals surface area contributed by atoms with Crippen LogP contribution < -0.4 is 11.5 Å². The van der Waals surface area contributed by atoms with Crippen molar-refractivity contribution < 1.29 is 32.4 Å². The zero-order valence-corrected chi connectivity index (χ0v) is 19.0. The Morgan fingerprint density at radius 3 is 2.44 bits per heavy atom. The minimum atomic E-state index is -4.71. The smallest absolute Gasteiger partial charge is 0.397 e. The van der Waals surface area contributed by atoms with Crippen molar-refractivity contribution in [3.63, 3.8) is 0 Å². The largest absolute Gasteiger partial charge is 0.408 e. The standard InChI is InChI=1S/C24H22F3N5O4/c1-32-17(24(25,26)27)10-23(35,22(32)34)18-9-16(31-36-18)13-4-2-3-12(7-13)15-8-14(11-5-6-11)19(28)20(30-15)21(29)33/h2-4,7-9,11,17,35H,5-6,10,28H2,1H3,(H2,29,33). The van der Waals surface area contributed by atoms with Gasteiger partial charge in [0.2, 0.25) is 5.60 Å². The third kappa shape index (κ3) is 3.87. The van der Waals surface area contributed by atoms with Gasteiger partial charge >= 0.3 is 6.18 Å². The zero-order valence-electron chi connectivity index (χ0n) is 19.0. The number of aromatic nitrogens is 2. The van der Waals surface area contributed by atoms with Crippen molar-refractivity contribution in [3.05, 3.63) is 53.4 Å². The van der Waals surface area contributed by atoms with E-state index in [4.69, 9.17) is 16.0 Å². The van der Waals surface area contributed by atoms with Crippen molar-refractivity contribution in [1.82, 2.24) is 15.0 Å². The van der Waals surface area contributed by atoms with Crippen molar-refractivity contribution in [2.24, 2.45) is 5.73 Å². The summed E-state index contributed by atoms with van der Waals surface area (Å²) in [5.74, 6) is -2.03. The van der Waals surface area contributed by atoms with Crippen LogP contribution in [-0.2, 0) is 10.4 Å². The third-order valence-electron chi connectivity index (χ3n) is 6.72. The molecule has 1 aliphatic carbocycles. The van der Waals surface area contributed by atoms with Crippen molar-refractivity contribution in [1.29, 1.82) is 0 Å². The van der Waals surface area contributed by atoms with E-state index >= 15 is 0 Å². The van der Waals surface area contributed by atoms with E-state index in [1.54, 1.807) is 30.3 Å². The Labute approximate surface area is 202 Å². The van der Waals surface area contributed by atoms with E-state index in [1.807, 2.05) is 0 Å². The van der Waals surface area contributed by atoms with Gasteiger partial charge in [-0.1, -0.05) is 23.4 Å². The Morgan fingerprint density at radius 2 is 1.86 bits per heavy atom. The average Bonchev–Trinajstić information content (AvgIpc) is 3.49. The van der Waals surface area contributed by atoms with Gasteiger partial charge in [0.15, 0.2) is 11.5 Å². The number of pyridine rings is 1. The number of anilines is 1. The van der Waals surface area contributed by atoms with Gasteiger partial charge in [0.25, 0.3) is 11.8 Å². The monoisotopic (exact) mass is 501 g/mol. The number of hydrogen-bond acceptors (Lipinski definition) is 7. The second-order valence-electron chi connectivity index (χ2n) is 9.19. The second kappa shape index (κ2) is 8.05. The van der Waals surface area contributed by atoms with Crippen LogP contribution in [0.2, 0.25) is 0 Å². The molecule has 1 saturated carbocycles. The molecule has 3 heterocycles. The maximum Gasteiger partial charge on any atom is 0.408 e. The number of hydrogen-bond donors (Lipinski definition) is 3. The van der Waals surface area contributed by atoms with Crippen LogP contribution in [0.25, 0.3) is 22.5 Å². The maximum atomic E-state index is 13.3. The first-order valence-corrected chi connectivity index (χ1v) is 11.1. The highest BCUT2D eigenvalue weighted by molar-refractivity contribution is 5.97. The number of carbonyl (C=O) groups is 2. The van der Waals surface area contributed by atoms with E-state index in [9.17, 15) is 27.9 Å². The number of aliphatic hydroxyl groups is 1. The molecular weight excluding hydrogens is 479 g/mol. The Kier molecular flexibility index (Phi) is 5.32. The number of carbonyl (C=O) groups excluding carboxylic acids is 2. The molecule has 188 valence electrons. The summed E-state index contributed by atoms with van der Waals surface area (Å²) in [6, 6.07) is 7.70. The fourth-order valence-corrected chi connectivity index (χ4v) is 4.57. The van der Waals surface area contributed by atoms with E-state index < -0.39 is 36.1 Å². The number of benzene rings is 1. The summed E-state index contributed by atoms with van der Waals surface area (Å²) in [5.41, 5.74) is 11.9. The lowest BCUT2D eigenvalue weighted by atomic mass is 9.95. The van der Waals surface area contributed by atoms with Crippen molar-refractivity contribution in [2.75, 3.05) is 12.8 Å². The van der Waals surface area contributed by atoms with E-state index in [2.05, 4.69) is 10.1 Å². The third-order valence-corrected chi connectivity index (χ3v) is 6.72. The van der Waals surface area contributed by atoms with Crippen molar-refractivity contribution >= 4 is 17.5 Å². The van der Waals surface area contributed by atoms with Crippen LogP contribution in [0.5, 0.6) is 0 Å². The molecule has 1 saturated heterocycles. The van der Waals surface area contributed by atoms with E-state index in [1.165, 1.54) is 6.07 Å². The topological polar surface area (TPSA) is 149 Å². The first-order valence-electron chi connectivity index (χ1n) is 11.1. The number of nitrogen functional groups attached to an aromatic ring is 1. The van der Waals surface area contributed by atoms with Gasteiger partial charge in [-0.3, -0.25) is 9.59 Å². The van der Waals surface area contributed by atoms with Crippen LogP contribution in [-0.4, -0.2) is 51.2 Å². The molecule has 5 rings (SSSR count). The molecule has 2 aromatic heterocycles. The van der Waals surface area contributed by atoms with Gasteiger partial charge < -0.3 is 26.0 Å². The molecule has 2 unspecified atom stereocenters. The number of alkyl halides is 3. The van der Waals surface area contributed by atoms with E-state index in [0.29, 0.717) is 21.7 Å². The minimum absolute atomic E-state index is 0.0196. The van der Waals surface area contributed by atoms with Crippen LogP contribution in [0.1, 0.15) is 47.0 Å². The SMILES string of the molecule is CN1C(=O)C(O)(c2cc(-c3cccc(-c4cc(C5CC5)c(N)c(C(N)=O)n4)c3)no2)CC1C(F)(F)F. The summed E-state index contributed by atoms with van der Waals surface area (Å²) in [4.78, 5) is 29.2. The molecule has 9 nitrogen and oxygen atoms in total. The highest BCUT2D eigenvalue weighted by atomic mass is 19.4. The van der Waals surface area contributed by atoms with Gasteiger partial charge in [-0.15, -0.1) is 0 Å². The lowest BCUT2D eigenvalue weighted by Crippen LogP contribution is -2.41. The Morgan fingerprint density at radius 1 is 1.19 bits per heavy atom. The quantitative estimate of drug-likeness (QED) is 0.487. The molecule has 0 bridgehead atoms. The van der Waals surface area contributed by atoms with Crippen LogP contribution in [0, 0.1) is 0 Å². The molecule has 1 aliphatic heterocycles. The molecule has 2 amide bonds. The Hall–Kier alpha value is -3.93. The molecule has 2 aliphatic rings. The average molecular weight is 501 g/mol. The van der Waals surface area contributed by atoms with E-state index in [-0.39, 0.29) is 28.8 Å². The van der Waals surface area contributed by atoms with Gasteiger partial charge in [-0.2, -0.15) is 13.2 Å². The Balaban J connectivity index is 1.50. The number of amides is 2. The number of halogens is 3. The number of nitrogens with zero attached hydrogens (tertiary/aromatic N) is 3. The number of likely N-dealkylation sites (tertiary alicyclic amines) is 1. The number of likely N-dealkylation sites (N-methyl/N-ethyl adjacent to an activating group) is 1. The number of primary amides is 1. The molecule has 1 aromatic carbocycles. The highest BCUT2D eigenvalue weighted by Gasteiger charge is 2.60. The highest BCUT2D eigenvalue weighted by Crippen LogP contribution is 2.45. The first kappa shape index (κ1) is 23.8. The fraction of sp³-hybridized carbons (Fsp3) is 0.333. The van der Waals surface area contributed by atoms with Crippen LogP contribution in [0.15, 0.2) is 40.9 Å². The van der Waals surface area contributed by atoms with Crippen LogP contribution in [0.4, 0.5) is 18.9 Å². The molecule has 0 radical (unpaired) electrons. The summed E-state index contributed by atoms with van der Waals surface area (Å²) in [6.07, 6.45) is -3.73. The van der Waals surface area contributed by atoms with E-state index in [0.717, 1.165) is 25.5 Å². The number of nitrogens with two attached hydrogens (primary N) is 2. The minimum Gasteiger partial charge on any atom is -0.397 e. The summed E-state index contributed by atoms with van der Waals surface area (Å²) < 4.78 is 45.1. The van der Waals surface area contributed by atoms with Gasteiger partial charge in [-0.25, -0.2) is 4.98 Å². The molecule has 2 atom stereocenters. The molecular formula is C24H22F3N5O4. The molecule has 2 fully saturated rings. The van der Waals surface area contributed by atoms with Crippen molar-refractivity contribution in [3.8, 4) is 22.5 Å². The summed E-state index contributed by atoms with van der Waals surface area (Å²) in [5, 5.41) is 14.7. The first-order chi connectivity index (χ1) is 16.9. The van der Waals surface area contributed by atoms with Gasteiger partial charge in [0, 0.05) is 30.7 Å².